The molecule has 2 aromatic rings. The summed E-state index contributed by atoms with van der Waals surface area (Å²) in [5, 5.41) is 0. The number of halogens is 2. The summed E-state index contributed by atoms with van der Waals surface area (Å²) in [4.78, 5) is 30.1. The lowest BCUT2D eigenvalue weighted by atomic mass is 9.63. The highest BCUT2D eigenvalue weighted by Crippen LogP contribution is 2.54. The molecule has 0 N–H and O–H groups in total. The van der Waals surface area contributed by atoms with Gasteiger partial charge in [-0.3, -0.25) is 9.59 Å². The standard InChI is InChI=1S/C33H37Br2NO4/c1-32(2)15-24-30(26(37)17-32)29(31-25(36(24)12-13-39-5)16-33(3,4)18-27(31)38)21-8-11-28(23(35)14-21)40-19-20-6-9-22(34)10-7-20/h6-11,14,29H,12-13,15-19H2,1-5H3. The number of ketones is 2. The zero-order chi connectivity index (χ0) is 28.8. The lowest BCUT2D eigenvalue weighted by molar-refractivity contribution is -0.119. The molecule has 40 heavy (non-hydrogen) atoms. The summed E-state index contributed by atoms with van der Waals surface area (Å²) in [5.74, 6) is 0.608. The van der Waals surface area contributed by atoms with Crippen molar-refractivity contribution in [1.82, 2.24) is 4.90 Å². The van der Waals surface area contributed by atoms with Crippen molar-refractivity contribution in [2.24, 2.45) is 10.8 Å². The first kappa shape index (κ1) is 29.3. The Kier molecular flexibility index (Phi) is 8.21. The van der Waals surface area contributed by atoms with Crippen LogP contribution in [0.1, 0.15) is 70.4 Å². The van der Waals surface area contributed by atoms with Gasteiger partial charge in [0.25, 0.3) is 0 Å². The topological polar surface area (TPSA) is 55.8 Å². The second-order valence-corrected chi connectivity index (χ2v) is 14.6. The molecule has 0 atom stereocenters. The Morgan fingerprint density at radius 1 is 0.850 bits per heavy atom. The second kappa shape index (κ2) is 11.2. The molecule has 0 saturated carbocycles. The van der Waals surface area contributed by atoms with Crippen molar-refractivity contribution < 1.29 is 19.1 Å². The van der Waals surface area contributed by atoms with Gasteiger partial charge in [-0.15, -0.1) is 0 Å². The Morgan fingerprint density at radius 2 is 1.43 bits per heavy atom. The minimum atomic E-state index is -0.382. The van der Waals surface area contributed by atoms with E-state index in [9.17, 15) is 9.59 Å². The lowest BCUT2D eigenvalue weighted by Crippen LogP contribution is -2.45. The van der Waals surface area contributed by atoms with E-state index in [0.29, 0.717) is 32.6 Å². The molecule has 0 amide bonds. The summed E-state index contributed by atoms with van der Waals surface area (Å²) < 4.78 is 13.5. The van der Waals surface area contributed by atoms with E-state index in [1.165, 1.54) is 0 Å². The number of hydrogen-bond donors (Lipinski definition) is 0. The van der Waals surface area contributed by atoms with Crippen molar-refractivity contribution in [3.05, 3.63) is 85.1 Å². The van der Waals surface area contributed by atoms with Crippen molar-refractivity contribution in [2.45, 2.75) is 65.9 Å². The molecule has 0 radical (unpaired) electrons. The number of Topliss-reactive ketones (excluding diaryl/α,β-unsaturated/α-hetero) is 2. The van der Waals surface area contributed by atoms with E-state index in [4.69, 9.17) is 9.47 Å². The molecule has 7 heteroatoms. The van der Waals surface area contributed by atoms with E-state index in [-0.39, 0.29) is 28.3 Å². The monoisotopic (exact) mass is 669 g/mol. The highest BCUT2D eigenvalue weighted by molar-refractivity contribution is 9.10. The maximum absolute atomic E-state index is 13.9. The Labute approximate surface area is 254 Å². The van der Waals surface area contributed by atoms with Gasteiger partial charge in [-0.1, -0.05) is 61.8 Å². The van der Waals surface area contributed by atoms with Crippen LogP contribution in [-0.4, -0.2) is 36.7 Å². The number of allylic oxidation sites excluding steroid dienone is 4. The van der Waals surface area contributed by atoms with Crippen LogP contribution >= 0.6 is 31.9 Å². The first-order valence-electron chi connectivity index (χ1n) is 13.8. The molecular weight excluding hydrogens is 634 g/mol. The number of methoxy groups -OCH3 is 1. The summed E-state index contributed by atoms with van der Waals surface area (Å²) >= 11 is 7.20. The minimum Gasteiger partial charge on any atom is -0.488 e. The van der Waals surface area contributed by atoms with Crippen LogP contribution in [-0.2, 0) is 20.9 Å². The second-order valence-electron chi connectivity index (χ2n) is 12.8. The van der Waals surface area contributed by atoms with Gasteiger partial charge in [0, 0.05) is 59.4 Å². The zero-order valence-corrected chi connectivity index (χ0v) is 27.1. The molecule has 0 spiro atoms. The molecule has 1 aliphatic heterocycles. The average molecular weight is 671 g/mol. The Balaban J connectivity index is 1.58. The van der Waals surface area contributed by atoms with E-state index in [1.54, 1.807) is 7.11 Å². The summed E-state index contributed by atoms with van der Waals surface area (Å²) in [5.41, 5.74) is 5.37. The predicted molar refractivity (Wildman–Crippen MR) is 164 cm³/mol. The van der Waals surface area contributed by atoms with Crippen molar-refractivity contribution in [3.8, 4) is 5.75 Å². The number of rotatable bonds is 7. The van der Waals surface area contributed by atoms with Gasteiger partial charge in [0.05, 0.1) is 11.1 Å². The quantitative estimate of drug-likeness (QED) is 0.298. The van der Waals surface area contributed by atoms with Crippen LogP contribution in [0.15, 0.2) is 74.0 Å². The van der Waals surface area contributed by atoms with Crippen LogP contribution in [0, 0.1) is 10.8 Å². The van der Waals surface area contributed by atoms with Gasteiger partial charge in [-0.2, -0.15) is 0 Å². The van der Waals surface area contributed by atoms with Gasteiger partial charge in [0.2, 0.25) is 0 Å². The summed E-state index contributed by atoms with van der Waals surface area (Å²) in [6.07, 6.45) is 2.51. The minimum absolute atomic E-state index is 0.134. The molecule has 5 rings (SSSR count). The number of hydrogen-bond acceptors (Lipinski definition) is 5. The highest BCUT2D eigenvalue weighted by Gasteiger charge is 2.48. The van der Waals surface area contributed by atoms with Crippen LogP contribution in [0.2, 0.25) is 0 Å². The predicted octanol–water partition coefficient (Wildman–Crippen LogP) is 8.12. The van der Waals surface area contributed by atoms with Gasteiger partial charge < -0.3 is 14.4 Å². The van der Waals surface area contributed by atoms with E-state index >= 15 is 0 Å². The molecule has 212 valence electrons. The van der Waals surface area contributed by atoms with Crippen molar-refractivity contribution in [1.29, 1.82) is 0 Å². The fourth-order valence-electron chi connectivity index (χ4n) is 6.39. The van der Waals surface area contributed by atoms with Crippen LogP contribution in [0.5, 0.6) is 5.75 Å². The molecular formula is C33H37Br2NO4. The fraction of sp³-hybridized carbons (Fsp3) is 0.455. The van der Waals surface area contributed by atoms with Gasteiger partial charge in [0.1, 0.15) is 12.4 Å². The third-order valence-electron chi connectivity index (χ3n) is 8.14. The molecule has 0 bridgehead atoms. The maximum Gasteiger partial charge on any atom is 0.162 e. The maximum atomic E-state index is 13.9. The fourth-order valence-corrected chi connectivity index (χ4v) is 7.16. The molecule has 0 aromatic heterocycles. The SMILES string of the molecule is COCCN1C2=C(C(=O)CC(C)(C)C2)C(c2ccc(OCc3ccc(Br)cc3)c(Br)c2)C2=C1CC(C)(C)CC2=O. The lowest BCUT2D eigenvalue weighted by Gasteiger charge is -2.49. The summed E-state index contributed by atoms with van der Waals surface area (Å²) in [7, 11) is 1.70. The molecule has 2 aliphatic carbocycles. The molecule has 5 nitrogen and oxygen atoms in total. The number of carbonyl (C=O) groups is 2. The van der Waals surface area contributed by atoms with Crippen LogP contribution in [0.25, 0.3) is 0 Å². The van der Waals surface area contributed by atoms with E-state index in [1.807, 2.05) is 42.5 Å². The first-order valence-corrected chi connectivity index (χ1v) is 15.4. The molecule has 0 unspecified atom stereocenters. The van der Waals surface area contributed by atoms with E-state index < -0.39 is 0 Å². The van der Waals surface area contributed by atoms with E-state index in [2.05, 4.69) is 64.5 Å². The third kappa shape index (κ3) is 5.88. The number of carbonyl (C=O) groups excluding carboxylic acids is 2. The molecule has 0 fully saturated rings. The van der Waals surface area contributed by atoms with E-state index in [0.717, 1.165) is 61.2 Å². The van der Waals surface area contributed by atoms with Crippen LogP contribution in [0.4, 0.5) is 0 Å². The normalized spacial score (nSPS) is 20.5. The largest absolute Gasteiger partial charge is 0.488 e. The van der Waals surface area contributed by atoms with Crippen molar-refractivity contribution in [3.63, 3.8) is 0 Å². The Morgan fingerprint density at radius 3 is 1.95 bits per heavy atom. The Hall–Kier alpha value is -2.22. The summed E-state index contributed by atoms with van der Waals surface area (Å²) in [6.45, 7) is 10.2. The molecule has 1 heterocycles. The van der Waals surface area contributed by atoms with Gasteiger partial charge in [0.15, 0.2) is 11.6 Å². The average Bonchev–Trinajstić information content (AvgIpc) is 2.86. The zero-order valence-electron chi connectivity index (χ0n) is 23.9. The van der Waals surface area contributed by atoms with Gasteiger partial charge >= 0.3 is 0 Å². The van der Waals surface area contributed by atoms with Crippen LogP contribution < -0.4 is 4.74 Å². The number of nitrogens with zero attached hydrogens (tertiary/aromatic N) is 1. The van der Waals surface area contributed by atoms with Gasteiger partial charge in [-0.05, 0) is 75.0 Å². The molecule has 0 saturated heterocycles. The smallest absolute Gasteiger partial charge is 0.162 e. The van der Waals surface area contributed by atoms with Crippen molar-refractivity contribution in [2.75, 3.05) is 20.3 Å². The molecule has 3 aliphatic rings. The van der Waals surface area contributed by atoms with Gasteiger partial charge in [-0.25, -0.2) is 0 Å². The highest BCUT2D eigenvalue weighted by atomic mass is 79.9. The first-order chi connectivity index (χ1) is 18.9. The molecule has 2 aromatic carbocycles. The number of benzene rings is 2. The third-order valence-corrected chi connectivity index (χ3v) is 9.29. The number of ether oxygens (including phenoxy) is 2. The Bertz CT molecular complexity index is 1350. The van der Waals surface area contributed by atoms with Crippen LogP contribution in [0.3, 0.4) is 0 Å². The van der Waals surface area contributed by atoms with Crippen molar-refractivity contribution >= 4 is 43.4 Å². The summed E-state index contributed by atoms with van der Waals surface area (Å²) in [6, 6.07) is 14.0.